The molecule has 0 spiro atoms. The van der Waals surface area contributed by atoms with Gasteiger partial charge in [0.25, 0.3) is 0 Å². The van der Waals surface area contributed by atoms with Crippen molar-refractivity contribution in [2.24, 2.45) is 11.8 Å². The molecule has 2 aromatic carbocycles. The predicted molar refractivity (Wildman–Crippen MR) is 186 cm³/mol. The number of rotatable bonds is 15. The second-order valence-electron chi connectivity index (χ2n) is 13.5. The normalized spacial score (nSPS) is 26.5. The molecule has 2 fully saturated rings. The van der Waals surface area contributed by atoms with Gasteiger partial charge in [0.15, 0.2) is 47.6 Å². The van der Waals surface area contributed by atoms with E-state index in [2.05, 4.69) is 0 Å². The lowest BCUT2D eigenvalue weighted by molar-refractivity contribution is -0.298. The lowest BCUT2D eigenvalue weighted by Crippen LogP contribution is -2.59. The van der Waals surface area contributed by atoms with Gasteiger partial charge in [0.05, 0.1) is 46.6 Å². The van der Waals surface area contributed by atoms with Crippen molar-refractivity contribution < 1.29 is 71.3 Å². The molecule has 54 heavy (non-hydrogen) atoms. The molecule has 4 aliphatic rings. The molecule has 294 valence electrons. The fraction of sp³-hybridized carbons (Fsp3) is 0.590. The summed E-state index contributed by atoms with van der Waals surface area (Å²) in [6, 6.07) is 7.23. The Hall–Kier alpha value is -4.76. The van der Waals surface area contributed by atoms with E-state index in [1.807, 2.05) is 26.8 Å². The van der Waals surface area contributed by atoms with Crippen LogP contribution in [0.4, 0.5) is 0 Å². The zero-order valence-electron chi connectivity index (χ0n) is 31.4. The quantitative estimate of drug-likeness (QED) is 0.177. The number of benzene rings is 2. The molecule has 2 aromatic rings. The number of cyclic esters (lactones) is 1. The third kappa shape index (κ3) is 7.74. The van der Waals surface area contributed by atoms with Crippen molar-refractivity contribution in [1.29, 1.82) is 0 Å². The van der Waals surface area contributed by atoms with Crippen LogP contribution in [0.3, 0.4) is 0 Å². The van der Waals surface area contributed by atoms with E-state index < -0.39 is 72.3 Å². The van der Waals surface area contributed by atoms with Crippen molar-refractivity contribution in [1.82, 2.24) is 0 Å². The smallest absolute Gasteiger partial charge is 0.310 e. The van der Waals surface area contributed by atoms with Crippen LogP contribution < -0.4 is 23.7 Å². The van der Waals surface area contributed by atoms with Crippen molar-refractivity contribution in [2.75, 3.05) is 41.3 Å². The highest BCUT2D eigenvalue weighted by Gasteiger charge is 2.56. The number of carbonyl (C=O) groups excluding carboxylic acids is 4. The summed E-state index contributed by atoms with van der Waals surface area (Å²) in [5.41, 5.74) is 2.03. The van der Waals surface area contributed by atoms with Gasteiger partial charge in [-0.05, 0) is 60.2 Å². The molecule has 3 heterocycles. The first-order chi connectivity index (χ1) is 26.1. The maximum atomic E-state index is 13.8. The minimum atomic E-state index is -1.33. The Balaban J connectivity index is 1.44. The Morgan fingerprint density at radius 1 is 0.704 bits per heavy atom. The van der Waals surface area contributed by atoms with E-state index in [1.54, 1.807) is 18.2 Å². The lowest BCUT2D eigenvalue weighted by atomic mass is 9.66. The standard InChI is InChI=1S/C39H48O15/c1-7-10-29(40)51-28-18-48-39(37(53-31(42)12-9-3)36(28)52-30(41)11-8-2)54-34-22-16-25-24(49-19-50-25)15-21(22)32(33-23(34)17-47-38(33)43)20-13-26(44-4)35(46-6)27(14-20)45-5/h13-16,23,28,32-34,36-37,39H,7-12,17-19H2,1-6H3/t23-,28+,32+,33-,34+,36+,37-,39+/m0/s1. The summed E-state index contributed by atoms with van der Waals surface area (Å²) >= 11 is 0. The molecule has 3 aliphatic heterocycles. The summed E-state index contributed by atoms with van der Waals surface area (Å²) in [5, 5.41) is 0. The van der Waals surface area contributed by atoms with Gasteiger partial charge >= 0.3 is 23.9 Å². The molecule has 0 N–H and O–H groups in total. The highest BCUT2D eigenvalue weighted by Crippen LogP contribution is 2.57. The first kappa shape index (κ1) is 38.9. The minimum Gasteiger partial charge on any atom is -0.493 e. The Labute approximate surface area is 313 Å². The van der Waals surface area contributed by atoms with E-state index in [1.165, 1.54) is 21.3 Å². The summed E-state index contributed by atoms with van der Waals surface area (Å²) in [6.45, 7) is 5.27. The van der Waals surface area contributed by atoms with Crippen molar-refractivity contribution in [3.8, 4) is 28.7 Å². The van der Waals surface area contributed by atoms with Crippen molar-refractivity contribution in [3.63, 3.8) is 0 Å². The summed E-state index contributed by atoms with van der Waals surface area (Å²) < 4.78 is 64.9. The molecular formula is C39H48O15. The number of hydrogen-bond donors (Lipinski definition) is 0. The van der Waals surface area contributed by atoms with E-state index in [4.69, 9.17) is 52.1 Å². The topological polar surface area (TPSA) is 170 Å². The maximum Gasteiger partial charge on any atom is 0.310 e. The molecule has 1 aliphatic carbocycles. The number of ether oxygens (including phenoxy) is 11. The molecular weight excluding hydrogens is 708 g/mol. The van der Waals surface area contributed by atoms with Crippen LogP contribution in [0.25, 0.3) is 0 Å². The molecule has 6 rings (SSSR count). The average Bonchev–Trinajstić information content (AvgIpc) is 3.78. The summed E-state index contributed by atoms with van der Waals surface area (Å²) in [5.74, 6) is -1.88. The average molecular weight is 757 g/mol. The van der Waals surface area contributed by atoms with Crippen LogP contribution in [0.1, 0.15) is 88.0 Å². The fourth-order valence-electron chi connectivity index (χ4n) is 7.60. The van der Waals surface area contributed by atoms with Crippen LogP contribution in [-0.2, 0) is 47.6 Å². The van der Waals surface area contributed by atoms with Gasteiger partial charge in [-0.15, -0.1) is 0 Å². The summed E-state index contributed by atoms with van der Waals surface area (Å²) in [4.78, 5) is 52.6. The van der Waals surface area contributed by atoms with Crippen LogP contribution in [0.5, 0.6) is 28.7 Å². The van der Waals surface area contributed by atoms with Crippen LogP contribution in [0.15, 0.2) is 24.3 Å². The van der Waals surface area contributed by atoms with Gasteiger partial charge in [0.1, 0.15) is 0 Å². The number of carbonyl (C=O) groups is 4. The highest BCUT2D eigenvalue weighted by atomic mass is 16.7. The van der Waals surface area contributed by atoms with Gasteiger partial charge in [-0.25, -0.2) is 0 Å². The van der Waals surface area contributed by atoms with Crippen molar-refractivity contribution >= 4 is 23.9 Å². The van der Waals surface area contributed by atoms with E-state index in [9.17, 15) is 19.2 Å². The number of fused-ring (bicyclic) bond motifs is 3. The first-order valence-corrected chi connectivity index (χ1v) is 18.4. The number of esters is 4. The number of hydrogen-bond acceptors (Lipinski definition) is 15. The molecule has 15 heteroatoms. The van der Waals surface area contributed by atoms with Crippen molar-refractivity contribution in [3.05, 3.63) is 41.0 Å². The SMILES string of the molecule is CCCC(=O)O[C@@H]1[C@@H](O[C@@H]2c3cc4c(cc3[C@@H](c3cc(OC)c(OC)c(OC)c3)[C@H]3C(=O)OC[C@@H]32)OCO4)OC[C@@H](OC(=O)CCC)[C@H]1OC(=O)CCC. The lowest BCUT2D eigenvalue weighted by Gasteiger charge is -2.44. The van der Waals surface area contributed by atoms with E-state index in [-0.39, 0.29) is 39.3 Å². The fourth-order valence-corrected chi connectivity index (χ4v) is 7.60. The molecule has 0 radical (unpaired) electrons. The second-order valence-corrected chi connectivity index (χ2v) is 13.5. The van der Waals surface area contributed by atoms with Crippen LogP contribution in [-0.4, -0.2) is 89.8 Å². The highest BCUT2D eigenvalue weighted by molar-refractivity contribution is 5.79. The van der Waals surface area contributed by atoms with Gasteiger partial charge in [0.2, 0.25) is 12.5 Å². The summed E-state index contributed by atoms with van der Waals surface area (Å²) in [6.07, 6.45) is -4.04. The monoisotopic (exact) mass is 756 g/mol. The Bertz CT molecular complexity index is 1680. The van der Waals surface area contributed by atoms with Gasteiger partial charge in [0, 0.05) is 31.1 Å². The molecule has 8 atom stereocenters. The molecule has 0 amide bonds. The second kappa shape index (κ2) is 17.1. The van der Waals surface area contributed by atoms with Gasteiger partial charge in [-0.2, -0.15) is 0 Å². The van der Waals surface area contributed by atoms with Crippen LogP contribution in [0, 0.1) is 11.8 Å². The van der Waals surface area contributed by atoms with E-state index in [0.29, 0.717) is 64.7 Å². The molecule has 0 aromatic heterocycles. The summed E-state index contributed by atoms with van der Waals surface area (Å²) in [7, 11) is 4.54. The maximum absolute atomic E-state index is 13.8. The van der Waals surface area contributed by atoms with E-state index >= 15 is 0 Å². The van der Waals surface area contributed by atoms with Crippen LogP contribution >= 0.6 is 0 Å². The molecule has 0 bridgehead atoms. The molecule has 15 nitrogen and oxygen atoms in total. The Morgan fingerprint density at radius 3 is 1.85 bits per heavy atom. The van der Waals surface area contributed by atoms with Gasteiger partial charge < -0.3 is 52.1 Å². The third-order valence-corrected chi connectivity index (χ3v) is 10.0. The first-order valence-electron chi connectivity index (χ1n) is 18.4. The largest absolute Gasteiger partial charge is 0.493 e. The molecule has 2 saturated heterocycles. The van der Waals surface area contributed by atoms with Gasteiger partial charge in [-0.3, -0.25) is 19.2 Å². The predicted octanol–water partition coefficient (Wildman–Crippen LogP) is 4.93. The Morgan fingerprint density at radius 2 is 1.28 bits per heavy atom. The Kier molecular flexibility index (Phi) is 12.4. The van der Waals surface area contributed by atoms with Crippen LogP contribution in [0.2, 0.25) is 0 Å². The zero-order valence-corrected chi connectivity index (χ0v) is 31.4. The van der Waals surface area contributed by atoms with Crippen molar-refractivity contribution in [2.45, 2.75) is 95.9 Å². The number of methoxy groups -OCH3 is 3. The third-order valence-electron chi connectivity index (χ3n) is 10.0. The van der Waals surface area contributed by atoms with Gasteiger partial charge in [-0.1, -0.05) is 20.8 Å². The zero-order chi connectivity index (χ0) is 38.5. The molecule has 0 unspecified atom stereocenters. The molecule has 0 saturated carbocycles. The minimum absolute atomic E-state index is 0.00214. The van der Waals surface area contributed by atoms with E-state index in [0.717, 1.165) is 0 Å².